The monoisotopic (exact) mass is 242 g/mol. The molecule has 1 aliphatic carbocycles. The van der Waals surface area contributed by atoms with Crippen molar-refractivity contribution >= 4 is 5.97 Å². The maximum Gasteiger partial charge on any atom is 0.324 e. The summed E-state index contributed by atoms with van der Waals surface area (Å²) >= 11 is 0. The third kappa shape index (κ3) is 3.96. The summed E-state index contributed by atoms with van der Waals surface area (Å²) in [6.45, 7) is 7.32. The Morgan fingerprint density at radius 2 is 2.18 bits per heavy atom. The third-order valence-electron chi connectivity index (χ3n) is 3.80. The van der Waals surface area contributed by atoms with Gasteiger partial charge in [0.1, 0.15) is 5.54 Å². The maximum absolute atomic E-state index is 11.4. The fourth-order valence-electron chi connectivity index (χ4n) is 2.18. The molecule has 1 aliphatic rings. The Kier molecular flexibility index (Phi) is 4.95. The number of rotatable bonds is 8. The molecular formula is C13H26N2O2. The van der Waals surface area contributed by atoms with Crippen LogP contribution >= 0.6 is 0 Å². The molecule has 1 fully saturated rings. The van der Waals surface area contributed by atoms with E-state index in [4.69, 9.17) is 0 Å². The Bertz CT molecular complexity index is 266. The summed E-state index contributed by atoms with van der Waals surface area (Å²) in [4.78, 5) is 13.6. The second-order valence-electron chi connectivity index (χ2n) is 5.56. The van der Waals surface area contributed by atoms with Gasteiger partial charge in [0, 0.05) is 12.6 Å². The Balaban J connectivity index is 2.55. The molecule has 0 aromatic carbocycles. The van der Waals surface area contributed by atoms with E-state index >= 15 is 0 Å². The van der Waals surface area contributed by atoms with Gasteiger partial charge in [-0.05, 0) is 52.6 Å². The minimum atomic E-state index is -0.839. The van der Waals surface area contributed by atoms with Gasteiger partial charge in [0.2, 0.25) is 0 Å². The Hall–Kier alpha value is -0.610. The van der Waals surface area contributed by atoms with E-state index in [1.165, 1.54) is 12.8 Å². The van der Waals surface area contributed by atoms with Crippen LogP contribution in [-0.4, -0.2) is 47.7 Å². The van der Waals surface area contributed by atoms with Crippen LogP contribution in [-0.2, 0) is 4.79 Å². The smallest absolute Gasteiger partial charge is 0.324 e. The molecule has 4 heteroatoms. The molecule has 4 nitrogen and oxygen atoms in total. The van der Waals surface area contributed by atoms with Crippen molar-refractivity contribution < 1.29 is 9.90 Å². The molecule has 0 amide bonds. The first kappa shape index (κ1) is 14.5. The van der Waals surface area contributed by atoms with Gasteiger partial charge in [-0.15, -0.1) is 0 Å². The number of nitrogens with one attached hydrogen (secondary N) is 1. The number of likely N-dealkylation sites (N-methyl/N-ethyl adjacent to an activating group) is 1. The average molecular weight is 242 g/mol. The zero-order valence-electron chi connectivity index (χ0n) is 11.5. The number of carbonyl (C=O) groups is 1. The van der Waals surface area contributed by atoms with Crippen molar-refractivity contribution in [1.82, 2.24) is 10.2 Å². The molecule has 100 valence electrons. The fraction of sp³-hybridized carbons (Fsp3) is 0.923. The van der Waals surface area contributed by atoms with Crippen molar-refractivity contribution in [3.05, 3.63) is 0 Å². The lowest BCUT2D eigenvalue weighted by atomic mass is 10.0. The molecule has 0 radical (unpaired) electrons. The molecule has 2 atom stereocenters. The van der Waals surface area contributed by atoms with Gasteiger partial charge in [-0.1, -0.05) is 6.92 Å². The highest BCUT2D eigenvalue weighted by Gasteiger charge is 2.37. The summed E-state index contributed by atoms with van der Waals surface area (Å²) in [6, 6.07) is 0.483. The van der Waals surface area contributed by atoms with E-state index < -0.39 is 11.5 Å². The van der Waals surface area contributed by atoms with Crippen LogP contribution in [0, 0.1) is 5.92 Å². The Morgan fingerprint density at radius 1 is 1.59 bits per heavy atom. The van der Waals surface area contributed by atoms with Gasteiger partial charge in [0.15, 0.2) is 0 Å². The highest BCUT2D eigenvalue weighted by Crippen LogP contribution is 2.34. The highest BCUT2D eigenvalue weighted by atomic mass is 16.4. The van der Waals surface area contributed by atoms with Gasteiger partial charge >= 0.3 is 5.97 Å². The second kappa shape index (κ2) is 5.83. The van der Waals surface area contributed by atoms with Crippen molar-refractivity contribution in [3.63, 3.8) is 0 Å². The van der Waals surface area contributed by atoms with E-state index in [1.807, 2.05) is 14.0 Å². The van der Waals surface area contributed by atoms with Gasteiger partial charge in [-0.25, -0.2) is 0 Å². The number of carboxylic acids is 1. The average Bonchev–Trinajstić information content (AvgIpc) is 3.08. The second-order valence-corrected chi connectivity index (χ2v) is 5.56. The highest BCUT2D eigenvalue weighted by molar-refractivity contribution is 5.78. The van der Waals surface area contributed by atoms with E-state index in [0.29, 0.717) is 12.6 Å². The molecule has 2 unspecified atom stereocenters. The molecular weight excluding hydrogens is 216 g/mol. The topological polar surface area (TPSA) is 52.6 Å². The molecule has 0 saturated heterocycles. The van der Waals surface area contributed by atoms with E-state index in [1.54, 1.807) is 6.92 Å². The first-order chi connectivity index (χ1) is 7.90. The normalized spacial score (nSPS) is 21.2. The van der Waals surface area contributed by atoms with Crippen LogP contribution in [0.5, 0.6) is 0 Å². The minimum Gasteiger partial charge on any atom is -0.480 e. The summed E-state index contributed by atoms with van der Waals surface area (Å²) < 4.78 is 0. The van der Waals surface area contributed by atoms with Gasteiger partial charge in [0.05, 0.1) is 0 Å². The molecule has 1 saturated carbocycles. The summed E-state index contributed by atoms with van der Waals surface area (Å²) in [5.41, 5.74) is -0.839. The Labute approximate surface area is 104 Å². The van der Waals surface area contributed by atoms with Crippen molar-refractivity contribution in [2.45, 2.75) is 51.6 Å². The number of hydrogen-bond acceptors (Lipinski definition) is 3. The van der Waals surface area contributed by atoms with E-state index in [-0.39, 0.29) is 0 Å². The lowest BCUT2D eigenvalue weighted by molar-refractivity contribution is -0.145. The van der Waals surface area contributed by atoms with Crippen LogP contribution in [0.3, 0.4) is 0 Å². The number of aliphatic carboxylic acids is 1. The lowest BCUT2D eigenvalue weighted by Crippen LogP contribution is -2.57. The number of carboxylic acid groups (broad SMARTS) is 1. The summed E-state index contributed by atoms with van der Waals surface area (Å²) in [5.74, 6) is 0.00465. The molecule has 0 aromatic heterocycles. The van der Waals surface area contributed by atoms with Crippen LogP contribution in [0.1, 0.15) is 40.0 Å². The zero-order valence-corrected chi connectivity index (χ0v) is 11.5. The lowest BCUT2D eigenvalue weighted by Gasteiger charge is -2.34. The predicted molar refractivity (Wildman–Crippen MR) is 69.2 cm³/mol. The molecule has 1 rings (SSSR count). The molecule has 17 heavy (non-hydrogen) atoms. The van der Waals surface area contributed by atoms with Gasteiger partial charge in [-0.3, -0.25) is 4.79 Å². The van der Waals surface area contributed by atoms with Crippen molar-refractivity contribution in [2.75, 3.05) is 20.1 Å². The number of hydrogen-bond donors (Lipinski definition) is 2. The van der Waals surface area contributed by atoms with Gasteiger partial charge in [0.25, 0.3) is 0 Å². The predicted octanol–water partition coefficient (Wildman–Crippen LogP) is 1.56. The van der Waals surface area contributed by atoms with E-state index in [0.717, 1.165) is 18.9 Å². The van der Waals surface area contributed by atoms with E-state index in [9.17, 15) is 9.90 Å². The van der Waals surface area contributed by atoms with Crippen LogP contribution in [0.4, 0.5) is 0 Å². The standard InChI is InChI=1S/C13H26N2O2/c1-5-8-14-13(3,12(16)17)9-15(4)10(2)11-6-7-11/h10-11,14H,5-9H2,1-4H3,(H,16,17). The van der Waals surface area contributed by atoms with Crippen LogP contribution in [0.15, 0.2) is 0 Å². The maximum atomic E-state index is 11.4. The molecule has 0 aliphatic heterocycles. The first-order valence-electron chi connectivity index (χ1n) is 6.59. The quantitative estimate of drug-likeness (QED) is 0.678. The minimum absolute atomic E-state index is 0.483. The molecule has 0 bridgehead atoms. The van der Waals surface area contributed by atoms with Crippen molar-refractivity contribution in [1.29, 1.82) is 0 Å². The summed E-state index contributed by atoms with van der Waals surface area (Å²) in [6.07, 6.45) is 3.53. The SMILES string of the molecule is CCCNC(C)(CN(C)C(C)C1CC1)C(=O)O. The molecule has 0 heterocycles. The van der Waals surface area contributed by atoms with Crippen LogP contribution < -0.4 is 5.32 Å². The fourth-order valence-corrected chi connectivity index (χ4v) is 2.18. The third-order valence-corrected chi connectivity index (χ3v) is 3.80. The van der Waals surface area contributed by atoms with Crippen LogP contribution in [0.25, 0.3) is 0 Å². The number of nitrogens with zero attached hydrogens (tertiary/aromatic N) is 1. The molecule has 2 N–H and O–H groups in total. The molecule has 0 aromatic rings. The van der Waals surface area contributed by atoms with Crippen molar-refractivity contribution in [2.24, 2.45) is 5.92 Å². The largest absolute Gasteiger partial charge is 0.480 e. The Morgan fingerprint density at radius 3 is 2.59 bits per heavy atom. The summed E-state index contributed by atoms with van der Waals surface area (Å²) in [5, 5.41) is 12.5. The summed E-state index contributed by atoms with van der Waals surface area (Å²) in [7, 11) is 2.03. The molecule has 0 spiro atoms. The van der Waals surface area contributed by atoms with Crippen LogP contribution in [0.2, 0.25) is 0 Å². The van der Waals surface area contributed by atoms with E-state index in [2.05, 4.69) is 17.1 Å². The van der Waals surface area contributed by atoms with Crippen molar-refractivity contribution in [3.8, 4) is 0 Å². The van der Waals surface area contributed by atoms with Gasteiger partial charge < -0.3 is 15.3 Å². The van der Waals surface area contributed by atoms with Gasteiger partial charge in [-0.2, -0.15) is 0 Å². The first-order valence-corrected chi connectivity index (χ1v) is 6.59. The zero-order chi connectivity index (χ0) is 13.1.